The van der Waals surface area contributed by atoms with Gasteiger partial charge in [-0.1, -0.05) is 24.6 Å². The highest BCUT2D eigenvalue weighted by atomic mass is 35.5. The molecule has 0 aliphatic carbocycles. The summed E-state index contributed by atoms with van der Waals surface area (Å²) in [5.74, 6) is 0.761. The molecule has 0 spiro atoms. The molecule has 0 aliphatic rings. The van der Waals surface area contributed by atoms with Crippen LogP contribution in [0.15, 0.2) is 18.2 Å². The molecule has 0 unspecified atom stereocenters. The zero-order valence-electron chi connectivity index (χ0n) is 10.2. The van der Waals surface area contributed by atoms with Crippen LogP contribution in [0.3, 0.4) is 0 Å². The number of nitrogens with one attached hydrogen (secondary N) is 1. The van der Waals surface area contributed by atoms with E-state index in [2.05, 4.69) is 19.2 Å². The molecule has 1 atom stereocenters. The fourth-order valence-corrected chi connectivity index (χ4v) is 1.62. The zero-order chi connectivity index (χ0) is 12.0. The molecule has 90 valence electrons. The van der Waals surface area contributed by atoms with Crippen molar-refractivity contribution in [2.75, 3.05) is 6.61 Å². The second-order valence-electron chi connectivity index (χ2n) is 3.89. The van der Waals surface area contributed by atoms with E-state index in [1.165, 1.54) is 5.56 Å². The Labute approximate surface area is 103 Å². The molecule has 0 saturated carbocycles. The Balaban J connectivity index is 2.59. The van der Waals surface area contributed by atoms with Gasteiger partial charge >= 0.3 is 0 Å². The zero-order valence-corrected chi connectivity index (χ0v) is 11.0. The second kappa shape index (κ2) is 6.77. The first-order valence-corrected chi connectivity index (χ1v) is 6.19. The molecule has 0 heterocycles. The third-order valence-corrected chi connectivity index (χ3v) is 2.86. The Bertz CT molecular complexity index is 328. The van der Waals surface area contributed by atoms with Gasteiger partial charge in [0.1, 0.15) is 5.75 Å². The van der Waals surface area contributed by atoms with Crippen molar-refractivity contribution in [1.29, 1.82) is 0 Å². The Morgan fingerprint density at radius 2 is 2.12 bits per heavy atom. The lowest BCUT2D eigenvalue weighted by atomic mass is 10.2. The van der Waals surface area contributed by atoms with Crippen LogP contribution in [0.4, 0.5) is 0 Å². The Kier molecular flexibility index (Phi) is 5.64. The highest BCUT2D eigenvalue weighted by Gasteiger charge is 2.03. The lowest BCUT2D eigenvalue weighted by molar-refractivity contribution is 0.340. The first-order chi connectivity index (χ1) is 7.67. The molecule has 0 saturated heterocycles. The lowest BCUT2D eigenvalue weighted by Crippen LogP contribution is -2.24. The average Bonchev–Trinajstić information content (AvgIpc) is 2.29. The number of halogens is 1. The van der Waals surface area contributed by atoms with Gasteiger partial charge in [0.15, 0.2) is 0 Å². The van der Waals surface area contributed by atoms with E-state index in [9.17, 15) is 0 Å². The summed E-state index contributed by atoms with van der Waals surface area (Å²) in [6.45, 7) is 7.79. The average molecular weight is 242 g/mol. The first-order valence-electron chi connectivity index (χ1n) is 5.82. The van der Waals surface area contributed by atoms with E-state index < -0.39 is 0 Å². The lowest BCUT2D eigenvalue weighted by Gasteiger charge is -2.12. The van der Waals surface area contributed by atoms with Crippen LogP contribution in [0.2, 0.25) is 5.02 Å². The minimum Gasteiger partial charge on any atom is -0.492 e. The van der Waals surface area contributed by atoms with E-state index >= 15 is 0 Å². The maximum atomic E-state index is 6.10. The van der Waals surface area contributed by atoms with E-state index in [1.807, 2.05) is 25.1 Å². The third-order valence-electron chi connectivity index (χ3n) is 2.56. The van der Waals surface area contributed by atoms with Gasteiger partial charge in [-0.2, -0.15) is 0 Å². The summed E-state index contributed by atoms with van der Waals surface area (Å²) >= 11 is 6.10. The molecule has 0 bridgehead atoms. The molecule has 1 aromatic carbocycles. The maximum absolute atomic E-state index is 6.10. The van der Waals surface area contributed by atoms with Gasteiger partial charge in [0.2, 0.25) is 0 Å². The van der Waals surface area contributed by atoms with Crippen molar-refractivity contribution in [3.63, 3.8) is 0 Å². The number of benzene rings is 1. The molecule has 3 heteroatoms. The second-order valence-corrected chi connectivity index (χ2v) is 4.30. The van der Waals surface area contributed by atoms with Crippen molar-refractivity contribution in [1.82, 2.24) is 5.32 Å². The molecule has 2 nitrogen and oxygen atoms in total. The molecular weight excluding hydrogens is 222 g/mol. The van der Waals surface area contributed by atoms with Crippen molar-refractivity contribution in [3.05, 3.63) is 28.8 Å². The smallest absolute Gasteiger partial charge is 0.137 e. The molecule has 0 aromatic heterocycles. The van der Waals surface area contributed by atoms with Gasteiger partial charge in [0.05, 0.1) is 11.6 Å². The Morgan fingerprint density at radius 1 is 1.38 bits per heavy atom. The van der Waals surface area contributed by atoms with Gasteiger partial charge in [-0.05, 0) is 38.0 Å². The standard InChI is InChI=1S/C13H20ClNO/c1-4-10(3)15-9-11-6-7-13(16-5-2)12(14)8-11/h6-8,10,15H,4-5,9H2,1-3H3/t10-/m0/s1. The van der Waals surface area contributed by atoms with E-state index in [0.29, 0.717) is 17.7 Å². The van der Waals surface area contributed by atoms with Crippen molar-refractivity contribution in [2.24, 2.45) is 0 Å². The van der Waals surface area contributed by atoms with Crippen LogP contribution >= 0.6 is 11.6 Å². The van der Waals surface area contributed by atoms with Crippen LogP contribution in [0.5, 0.6) is 5.75 Å². The van der Waals surface area contributed by atoms with Crippen LogP contribution in [0.1, 0.15) is 32.8 Å². The Morgan fingerprint density at radius 3 is 2.69 bits per heavy atom. The molecule has 0 fully saturated rings. The monoisotopic (exact) mass is 241 g/mol. The summed E-state index contributed by atoms with van der Waals surface area (Å²) in [6.07, 6.45) is 1.13. The van der Waals surface area contributed by atoms with Crippen molar-refractivity contribution < 1.29 is 4.74 Å². The first kappa shape index (κ1) is 13.3. The molecule has 0 amide bonds. The quantitative estimate of drug-likeness (QED) is 0.821. The van der Waals surface area contributed by atoms with Crippen molar-refractivity contribution in [3.8, 4) is 5.75 Å². The number of hydrogen-bond donors (Lipinski definition) is 1. The summed E-state index contributed by atoms with van der Waals surface area (Å²) in [6, 6.07) is 6.47. The minimum atomic E-state index is 0.533. The van der Waals surface area contributed by atoms with Gasteiger partial charge in [-0.15, -0.1) is 0 Å². The summed E-state index contributed by atoms with van der Waals surface area (Å²) in [5.41, 5.74) is 1.19. The van der Waals surface area contributed by atoms with Gasteiger partial charge < -0.3 is 10.1 Å². The summed E-state index contributed by atoms with van der Waals surface area (Å²) < 4.78 is 5.39. The summed E-state index contributed by atoms with van der Waals surface area (Å²) in [4.78, 5) is 0. The molecular formula is C13H20ClNO. The molecule has 1 rings (SSSR count). The largest absolute Gasteiger partial charge is 0.492 e. The van der Waals surface area contributed by atoms with Gasteiger partial charge in [0.25, 0.3) is 0 Å². The summed E-state index contributed by atoms with van der Waals surface area (Å²) in [7, 11) is 0. The van der Waals surface area contributed by atoms with Crippen LogP contribution in [-0.2, 0) is 6.54 Å². The predicted molar refractivity (Wildman–Crippen MR) is 69.2 cm³/mol. The summed E-state index contributed by atoms with van der Waals surface area (Å²) in [5, 5.41) is 4.11. The highest BCUT2D eigenvalue weighted by molar-refractivity contribution is 6.32. The minimum absolute atomic E-state index is 0.533. The third kappa shape index (κ3) is 4.03. The highest BCUT2D eigenvalue weighted by Crippen LogP contribution is 2.25. The van der Waals surface area contributed by atoms with Crippen molar-refractivity contribution in [2.45, 2.75) is 39.8 Å². The van der Waals surface area contributed by atoms with Crippen LogP contribution in [0.25, 0.3) is 0 Å². The molecule has 0 radical (unpaired) electrons. The molecule has 16 heavy (non-hydrogen) atoms. The molecule has 1 N–H and O–H groups in total. The number of ether oxygens (including phenoxy) is 1. The molecule has 0 aliphatic heterocycles. The maximum Gasteiger partial charge on any atom is 0.137 e. The number of hydrogen-bond acceptors (Lipinski definition) is 2. The van der Waals surface area contributed by atoms with Crippen LogP contribution < -0.4 is 10.1 Å². The van der Waals surface area contributed by atoms with Gasteiger partial charge in [-0.3, -0.25) is 0 Å². The van der Waals surface area contributed by atoms with Gasteiger partial charge in [-0.25, -0.2) is 0 Å². The van der Waals surface area contributed by atoms with Crippen molar-refractivity contribution >= 4 is 11.6 Å². The van der Waals surface area contributed by atoms with E-state index in [-0.39, 0.29) is 0 Å². The van der Waals surface area contributed by atoms with E-state index in [4.69, 9.17) is 16.3 Å². The fourth-order valence-electron chi connectivity index (χ4n) is 1.36. The number of rotatable bonds is 6. The predicted octanol–water partition coefficient (Wildman–Crippen LogP) is 3.63. The van der Waals surface area contributed by atoms with Crippen LogP contribution in [0, 0.1) is 0 Å². The van der Waals surface area contributed by atoms with E-state index in [0.717, 1.165) is 18.7 Å². The molecule has 1 aromatic rings. The fraction of sp³-hybridized carbons (Fsp3) is 0.538. The topological polar surface area (TPSA) is 21.3 Å². The van der Waals surface area contributed by atoms with E-state index in [1.54, 1.807) is 0 Å². The van der Waals surface area contributed by atoms with Crippen LogP contribution in [-0.4, -0.2) is 12.6 Å². The normalized spacial score (nSPS) is 12.5. The Hall–Kier alpha value is -0.730. The van der Waals surface area contributed by atoms with Gasteiger partial charge in [0, 0.05) is 12.6 Å². The SMILES string of the molecule is CCOc1ccc(CN[C@@H](C)CC)cc1Cl.